The molecule has 0 aromatic heterocycles. The van der Waals surface area contributed by atoms with Gasteiger partial charge in [0.25, 0.3) is 0 Å². The van der Waals surface area contributed by atoms with E-state index in [9.17, 15) is 23.1 Å². The van der Waals surface area contributed by atoms with E-state index in [2.05, 4.69) is 0 Å². The lowest BCUT2D eigenvalue weighted by Gasteiger charge is -2.09. The van der Waals surface area contributed by atoms with Crippen LogP contribution in [0.15, 0.2) is 140 Å². The summed E-state index contributed by atoms with van der Waals surface area (Å²) in [5.74, 6) is -1.46. The molecule has 0 unspecified atom stereocenters. The van der Waals surface area contributed by atoms with Gasteiger partial charge >= 0.3 is 0 Å². The van der Waals surface area contributed by atoms with E-state index in [1.165, 1.54) is 66.4 Å². The van der Waals surface area contributed by atoms with Gasteiger partial charge in [0, 0.05) is 20.9 Å². The Bertz CT molecular complexity index is 1520. The van der Waals surface area contributed by atoms with Crippen LogP contribution in [0.1, 0.15) is 15.9 Å². The minimum atomic E-state index is -0.588. The van der Waals surface area contributed by atoms with Crippen molar-refractivity contribution < 1.29 is 23.1 Å². The number of hydrogen-bond donors (Lipinski definition) is 1. The van der Waals surface area contributed by atoms with E-state index in [0.29, 0.717) is 10.5 Å². The van der Waals surface area contributed by atoms with Crippen molar-refractivity contribution in [3.63, 3.8) is 0 Å². The lowest BCUT2D eigenvalue weighted by molar-refractivity contribution is 0.103. The van der Waals surface area contributed by atoms with Crippen LogP contribution >= 0.6 is 11.8 Å². The number of phenols is 1. The molecule has 0 spiro atoms. The van der Waals surface area contributed by atoms with E-state index in [4.69, 9.17) is 0 Å². The molecular formula is C31H20F3O2S2+. The minimum absolute atomic E-state index is 0.0488. The summed E-state index contributed by atoms with van der Waals surface area (Å²) < 4.78 is 42.0. The van der Waals surface area contributed by atoms with E-state index in [1.54, 1.807) is 36.4 Å². The molecule has 5 rings (SSSR count). The lowest BCUT2D eigenvalue weighted by atomic mass is 10.0. The Balaban J connectivity index is 1.38. The highest BCUT2D eigenvalue weighted by molar-refractivity contribution is 7.99. The Morgan fingerprint density at radius 2 is 1.08 bits per heavy atom. The molecule has 5 aromatic carbocycles. The molecule has 0 fully saturated rings. The Kier molecular flexibility index (Phi) is 7.58. The Hall–Kier alpha value is -3.94. The molecule has 0 aliphatic heterocycles. The summed E-state index contributed by atoms with van der Waals surface area (Å²) in [4.78, 5) is 16.5. The van der Waals surface area contributed by atoms with Crippen molar-refractivity contribution in [2.45, 2.75) is 24.5 Å². The van der Waals surface area contributed by atoms with E-state index in [0.717, 1.165) is 19.6 Å². The number of phenolic OH excluding ortho intramolecular Hbond substituents is 1. The zero-order valence-electron chi connectivity index (χ0n) is 19.8. The van der Waals surface area contributed by atoms with E-state index < -0.39 is 16.7 Å². The smallest absolute Gasteiger partial charge is 0.193 e. The Morgan fingerprint density at radius 3 is 1.58 bits per heavy atom. The largest absolute Gasteiger partial charge is 0.508 e. The summed E-state index contributed by atoms with van der Waals surface area (Å²) >= 11 is 1.23. The Labute approximate surface area is 225 Å². The molecule has 7 heteroatoms. The molecule has 0 aliphatic rings. The second-order valence-corrected chi connectivity index (χ2v) is 11.5. The summed E-state index contributed by atoms with van der Waals surface area (Å²) in [6.45, 7) is 0. The molecular weight excluding hydrogens is 525 g/mol. The van der Waals surface area contributed by atoms with E-state index >= 15 is 0 Å². The van der Waals surface area contributed by atoms with Crippen molar-refractivity contribution in [3.8, 4) is 5.75 Å². The fourth-order valence-electron chi connectivity index (χ4n) is 3.82. The molecule has 38 heavy (non-hydrogen) atoms. The van der Waals surface area contributed by atoms with Crippen molar-refractivity contribution in [1.82, 2.24) is 0 Å². The summed E-state index contributed by atoms with van der Waals surface area (Å²) in [5.41, 5.74) is 0.575. The van der Waals surface area contributed by atoms with E-state index in [-0.39, 0.29) is 28.7 Å². The molecule has 2 nitrogen and oxygen atoms in total. The fourth-order valence-corrected chi connectivity index (χ4v) is 6.68. The maximum absolute atomic E-state index is 14.9. The molecule has 1 N–H and O–H groups in total. The van der Waals surface area contributed by atoms with Gasteiger partial charge in [0.2, 0.25) is 0 Å². The van der Waals surface area contributed by atoms with Crippen LogP contribution in [-0.2, 0) is 10.9 Å². The monoisotopic (exact) mass is 545 g/mol. The molecule has 0 amide bonds. The maximum Gasteiger partial charge on any atom is 0.193 e. The third kappa shape index (κ3) is 5.79. The van der Waals surface area contributed by atoms with Crippen molar-refractivity contribution >= 4 is 28.4 Å². The quantitative estimate of drug-likeness (QED) is 0.165. The van der Waals surface area contributed by atoms with Crippen LogP contribution in [0.2, 0.25) is 0 Å². The van der Waals surface area contributed by atoms with Crippen LogP contribution in [0, 0.1) is 17.5 Å². The first-order chi connectivity index (χ1) is 18.4. The lowest BCUT2D eigenvalue weighted by Crippen LogP contribution is -2.05. The summed E-state index contributed by atoms with van der Waals surface area (Å²) in [6, 6.07) is 30.3. The predicted octanol–water partition coefficient (Wildman–Crippen LogP) is 8.29. The summed E-state index contributed by atoms with van der Waals surface area (Å²) in [7, 11) is -0.588. The molecule has 0 atom stereocenters. The first-order valence-corrected chi connectivity index (χ1v) is 13.6. The summed E-state index contributed by atoms with van der Waals surface area (Å²) in [5, 5.41) is 9.41. The van der Waals surface area contributed by atoms with Crippen LogP contribution < -0.4 is 0 Å². The van der Waals surface area contributed by atoms with E-state index in [1.807, 2.05) is 24.3 Å². The number of carbonyl (C=O) groups excluding carboxylic acids is 1. The molecule has 0 radical (unpaired) electrons. The number of halogens is 3. The third-order valence-corrected chi connectivity index (χ3v) is 9.00. The SMILES string of the molecule is O=C(c1ccc(O)cc1)c1ccc(Sc2ccc([S+](c3ccc(F)cc3)c3ccc(F)cc3)cc2)c(F)c1. The average molecular weight is 546 g/mol. The van der Waals surface area contributed by atoms with Gasteiger partial charge in [-0.05, 0) is 115 Å². The zero-order chi connectivity index (χ0) is 26.6. The molecule has 5 aromatic rings. The second-order valence-electron chi connectivity index (χ2n) is 8.31. The molecule has 188 valence electrons. The predicted molar refractivity (Wildman–Crippen MR) is 143 cm³/mol. The zero-order valence-corrected chi connectivity index (χ0v) is 21.4. The normalized spacial score (nSPS) is 11.1. The highest BCUT2D eigenvalue weighted by Crippen LogP contribution is 2.35. The highest BCUT2D eigenvalue weighted by Gasteiger charge is 2.29. The van der Waals surface area contributed by atoms with Crippen LogP contribution in [0.5, 0.6) is 5.75 Å². The molecule has 0 aliphatic carbocycles. The van der Waals surface area contributed by atoms with Crippen molar-refractivity contribution in [1.29, 1.82) is 0 Å². The van der Waals surface area contributed by atoms with Gasteiger partial charge in [-0.2, -0.15) is 0 Å². The van der Waals surface area contributed by atoms with Gasteiger partial charge in [-0.3, -0.25) is 4.79 Å². The fraction of sp³-hybridized carbons (Fsp3) is 0. The molecule has 0 saturated carbocycles. The van der Waals surface area contributed by atoms with Crippen LogP contribution in [0.3, 0.4) is 0 Å². The van der Waals surface area contributed by atoms with Gasteiger partial charge in [-0.25, -0.2) is 13.2 Å². The molecule has 0 heterocycles. The number of rotatable bonds is 7. The van der Waals surface area contributed by atoms with Gasteiger partial charge in [-0.1, -0.05) is 11.8 Å². The number of ketones is 1. The Morgan fingerprint density at radius 1 is 0.605 bits per heavy atom. The molecule has 0 saturated heterocycles. The topological polar surface area (TPSA) is 37.3 Å². The van der Waals surface area contributed by atoms with Gasteiger partial charge < -0.3 is 5.11 Å². The molecule has 0 bridgehead atoms. The second kappa shape index (κ2) is 11.2. The van der Waals surface area contributed by atoms with Crippen LogP contribution in [-0.4, -0.2) is 10.9 Å². The first-order valence-electron chi connectivity index (χ1n) is 11.5. The van der Waals surface area contributed by atoms with Crippen molar-refractivity contribution in [2.24, 2.45) is 0 Å². The standard InChI is InChI=1S/C31H19F3O2S2/c32-22-4-12-26(13-5-22)38(27-14-6-23(33)7-15-27)28-16-10-25(11-17-28)37-30-18-3-21(19-29(30)34)31(36)20-1-8-24(35)9-2-20/h1-19H/p+1. The minimum Gasteiger partial charge on any atom is -0.508 e. The highest BCUT2D eigenvalue weighted by atomic mass is 32.2. The summed E-state index contributed by atoms with van der Waals surface area (Å²) in [6.07, 6.45) is 0. The number of hydrogen-bond acceptors (Lipinski definition) is 3. The van der Waals surface area contributed by atoms with Crippen molar-refractivity contribution in [2.75, 3.05) is 0 Å². The van der Waals surface area contributed by atoms with Gasteiger partial charge in [0.1, 0.15) is 23.2 Å². The van der Waals surface area contributed by atoms with Crippen molar-refractivity contribution in [3.05, 3.63) is 144 Å². The van der Waals surface area contributed by atoms with Gasteiger partial charge in [0.15, 0.2) is 20.5 Å². The van der Waals surface area contributed by atoms with Crippen LogP contribution in [0.25, 0.3) is 0 Å². The maximum atomic E-state index is 14.9. The number of benzene rings is 5. The third-order valence-electron chi connectivity index (χ3n) is 5.71. The number of carbonyl (C=O) groups is 1. The van der Waals surface area contributed by atoms with Crippen LogP contribution in [0.4, 0.5) is 13.2 Å². The number of aromatic hydroxyl groups is 1. The first kappa shape index (κ1) is 25.7. The average Bonchev–Trinajstić information content (AvgIpc) is 2.93. The van der Waals surface area contributed by atoms with Gasteiger partial charge in [-0.15, -0.1) is 0 Å². The van der Waals surface area contributed by atoms with Gasteiger partial charge in [0.05, 0.1) is 10.9 Å².